The maximum absolute atomic E-state index is 5.61. The zero-order valence-electron chi connectivity index (χ0n) is 15.3. The van der Waals surface area contributed by atoms with Crippen molar-refractivity contribution in [2.75, 3.05) is 23.8 Å². The molecule has 0 spiro atoms. The number of aromatic nitrogens is 3. The molecule has 0 fully saturated rings. The lowest BCUT2D eigenvalue weighted by Crippen LogP contribution is -2.15. The average molecular weight is 363 g/mol. The van der Waals surface area contributed by atoms with Crippen LogP contribution in [-0.4, -0.2) is 28.4 Å². The van der Waals surface area contributed by atoms with Gasteiger partial charge in [0.1, 0.15) is 13.2 Å². The van der Waals surface area contributed by atoms with Crippen LogP contribution in [0.3, 0.4) is 0 Å². The van der Waals surface area contributed by atoms with Gasteiger partial charge >= 0.3 is 0 Å². The minimum Gasteiger partial charge on any atom is -0.486 e. The van der Waals surface area contributed by atoms with Gasteiger partial charge in [0.15, 0.2) is 17.3 Å². The van der Waals surface area contributed by atoms with Crippen LogP contribution in [0, 0.1) is 6.92 Å². The molecule has 0 saturated carbocycles. The third-order valence-corrected chi connectivity index (χ3v) is 4.35. The predicted molar refractivity (Wildman–Crippen MR) is 104 cm³/mol. The molecule has 0 amide bonds. The molecule has 1 aliphatic rings. The number of fused-ring (bicyclic) bond motifs is 1. The fourth-order valence-electron chi connectivity index (χ4n) is 3.00. The number of aryl methyl sites for hydroxylation is 2. The first-order chi connectivity index (χ1) is 13.2. The topological polar surface area (TPSA) is 81.2 Å². The molecule has 1 aliphatic heterocycles. The largest absolute Gasteiger partial charge is 0.486 e. The van der Waals surface area contributed by atoms with Crippen LogP contribution in [0.5, 0.6) is 11.5 Å². The van der Waals surface area contributed by atoms with E-state index in [-0.39, 0.29) is 0 Å². The van der Waals surface area contributed by atoms with Crippen molar-refractivity contribution in [3.63, 3.8) is 0 Å². The second-order valence-electron chi connectivity index (χ2n) is 6.24. The van der Waals surface area contributed by atoms with Gasteiger partial charge in [0.05, 0.1) is 6.20 Å². The Labute approximate surface area is 157 Å². The van der Waals surface area contributed by atoms with Crippen LogP contribution in [0.2, 0.25) is 0 Å². The second-order valence-corrected chi connectivity index (χ2v) is 6.24. The van der Waals surface area contributed by atoms with Crippen LogP contribution in [0.15, 0.2) is 42.6 Å². The summed E-state index contributed by atoms with van der Waals surface area (Å²) in [5.41, 5.74) is 4.26. The summed E-state index contributed by atoms with van der Waals surface area (Å²) in [5, 5.41) is 14.7. The minimum atomic E-state index is 0.406. The Morgan fingerprint density at radius 3 is 2.74 bits per heavy atom. The minimum absolute atomic E-state index is 0.406. The molecular formula is C20H21N5O2. The Bertz CT molecular complexity index is 961. The zero-order chi connectivity index (χ0) is 18.6. The van der Waals surface area contributed by atoms with Gasteiger partial charge in [0.2, 0.25) is 5.95 Å². The molecule has 27 heavy (non-hydrogen) atoms. The highest BCUT2D eigenvalue weighted by Gasteiger charge is 2.12. The predicted octanol–water partition coefficient (Wildman–Crippen LogP) is 4.00. The van der Waals surface area contributed by atoms with Crippen molar-refractivity contribution in [1.29, 1.82) is 0 Å². The van der Waals surface area contributed by atoms with Crippen molar-refractivity contribution < 1.29 is 9.47 Å². The van der Waals surface area contributed by atoms with Gasteiger partial charge in [-0.25, -0.2) is 0 Å². The Balaban J connectivity index is 1.55. The monoisotopic (exact) mass is 363 g/mol. The summed E-state index contributed by atoms with van der Waals surface area (Å²) in [6, 6.07) is 11.9. The number of benzene rings is 2. The molecule has 2 heterocycles. The van der Waals surface area contributed by atoms with Crippen molar-refractivity contribution in [2.24, 2.45) is 0 Å². The lowest BCUT2D eigenvalue weighted by molar-refractivity contribution is 0.171. The number of para-hydroxylation sites is 1. The van der Waals surface area contributed by atoms with Crippen LogP contribution >= 0.6 is 0 Å². The summed E-state index contributed by atoms with van der Waals surface area (Å²) in [4.78, 5) is 4.52. The van der Waals surface area contributed by atoms with Gasteiger partial charge in [-0.05, 0) is 36.6 Å². The molecule has 3 aromatic rings. The van der Waals surface area contributed by atoms with Crippen molar-refractivity contribution in [1.82, 2.24) is 15.2 Å². The van der Waals surface area contributed by atoms with E-state index in [1.54, 1.807) is 6.20 Å². The number of rotatable bonds is 5. The molecule has 0 unspecified atom stereocenters. The summed E-state index contributed by atoms with van der Waals surface area (Å²) < 4.78 is 11.2. The summed E-state index contributed by atoms with van der Waals surface area (Å²) >= 11 is 0. The van der Waals surface area contributed by atoms with E-state index < -0.39 is 0 Å². The molecule has 0 aliphatic carbocycles. The molecule has 7 heteroatoms. The third kappa shape index (κ3) is 3.76. The lowest BCUT2D eigenvalue weighted by atomic mass is 10.1. The highest BCUT2D eigenvalue weighted by atomic mass is 16.6. The van der Waals surface area contributed by atoms with Crippen LogP contribution in [-0.2, 0) is 6.42 Å². The maximum Gasteiger partial charge on any atom is 0.249 e. The van der Waals surface area contributed by atoms with E-state index >= 15 is 0 Å². The van der Waals surface area contributed by atoms with E-state index in [1.807, 2.05) is 18.2 Å². The molecule has 2 aromatic carbocycles. The zero-order valence-corrected chi connectivity index (χ0v) is 15.3. The van der Waals surface area contributed by atoms with Gasteiger partial charge in [-0.2, -0.15) is 10.1 Å². The molecule has 1 aromatic heterocycles. The SMILES string of the molecule is CCc1cccc(C)c1Nc1cnnc(Nc2ccc3c(c2)OCCO3)n1. The number of ether oxygens (including phenoxy) is 2. The fraction of sp³-hybridized carbons (Fsp3) is 0.250. The maximum atomic E-state index is 5.61. The summed E-state index contributed by atoms with van der Waals surface area (Å²) in [7, 11) is 0. The van der Waals surface area contributed by atoms with E-state index in [0.717, 1.165) is 29.1 Å². The van der Waals surface area contributed by atoms with E-state index in [0.29, 0.717) is 30.7 Å². The van der Waals surface area contributed by atoms with E-state index in [2.05, 4.69) is 57.9 Å². The first kappa shape index (κ1) is 17.1. The lowest BCUT2D eigenvalue weighted by Gasteiger charge is -2.19. The first-order valence-electron chi connectivity index (χ1n) is 8.95. The Kier molecular flexibility index (Phi) is 4.74. The number of hydrogen-bond donors (Lipinski definition) is 2. The molecule has 0 bridgehead atoms. The van der Waals surface area contributed by atoms with Gasteiger partial charge in [-0.3, -0.25) is 0 Å². The standard InChI is InChI=1S/C20H21N5O2/c1-3-14-6-4-5-13(2)19(14)23-18-12-21-25-20(24-18)22-15-7-8-16-17(11-15)27-10-9-26-16/h4-8,11-12H,3,9-10H2,1-2H3,(H2,22,23,24,25). The van der Waals surface area contributed by atoms with Crippen LogP contribution in [0.25, 0.3) is 0 Å². The van der Waals surface area contributed by atoms with Gasteiger partial charge in [-0.15, -0.1) is 5.10 Å². The number of hydrogen-bond acceptors (Lipinski definition) is 7. The normalized spacial score (nSPS) is 12.5. The van der Waals surface area contributed by atoms with Crippen LogP contribution in [0.4, 0.5) is 23.1 Å². The smallest absolute Gasteiger partial charge is 0.249 e. The van der Waals surface area contributed by atoms with Gasteiger partial charge < -0.3 is 20.1 Å². The van der Waals surface area contributed by atoms with E-state index in [4.69, 9.17) is 9.47 Å². The molecule has 0 atom stereocenters. The highest BCUT2D eigenvalue weighted by molar-refractivity contribution is 5.66. The average Bonchev–Trinajstić information content (AvgIpc) is 2.70. The molecular weight excluding hydrogens is 342 g/mol. The summed E-state index contributed by atoms with van der Waals surface area (Å²) in [6.07, 6.45) is 2.55. The first-order valence-corrected chi connectivity index (χ1v) is 8.95. The number of nitrogens with one attached hydrogen (secondary N) is 2. The molecule has 4 rings (SSSR count). The van der Waals surface area contributed by atoms with E-state index in [9.17, 15) is 0 Å². The van der Waals surface area contributed by atoms with Crippen molar-refractivity contribution in [2.45, 2.75) is 20.3 Å². The Morgan fingerprint density at radius 2 is 1.89 bits per heavy atom. The quantitative estimate of drug-likeness (QED) is 0.709. The van der Waals surface area contributed by atoms with Crippen LogP contribution in [0.1, 0.15) is 18.1 Å². The molecule has 138 valence electrons. The van der Waals surface area contributed by atoms with E-state index in [1.165, 1.54) is 5.56 Å². The van der Waals surface area contributed by atoms with Crippen molar-refractivity contribution in [3.05, 3.63) is 53.7 Å². The van der Waals surface area contributed by atoms with Crippen molar-refractivity contribution >= 4 is 23.1 Å². The number of anilines is 4. The van der Waals surface area contributed by atoms with Crippen molar-refractivity contribution in [3.8, 4) is 11.5 Å². The number of nitrogens with zero attached hydrogens (tertiary/aromatic N) is 3. The summed E-state index contributed by atoms with van der Waals surface area (Å²) in [6.45, 7) is 5.32. The Morgan fingerprint density at radius 1 is 1.04 bits per heavy atom. The second kappa shape index (κ2) is 7.49. The Hall–Kier alpha value is -3.35. The molecule has 0 saturated heterocycles. The van der Waals surface area contributed by atoms with Gasteiger partial charge in [0, 0.05) is 17.4 Å². The highest BCUT2D eigenvalue weighted by Crippen LogP contribution is 2.33. The summed E-state index contributed by atoms with van der Waals surface area (Å²) in [5.74, 6) is 2.49. The third-order valence-electron chi connectivity index (χ3n) is 4.35. The molecule has 7 nitrogen and oxygen atoms in total. The van der Waals surface area contributed by atoms with Crippen LogP contribution < -0.4 is 20.1 Å². The molecule has 0 radical (unpaired) electrons. The van der Waals surface area contributed by atoms with Gasteiger partial charge in [0.25, 0.3) is 0 Å². The van der Waals surface area contributed by atoms with Gasteiger partial charge in [-0.1, -0.05) is 25.1 Å². The molecule has 2 N–H and O–H groups in total. The fourth-order valence-corrected chi connectivity index (χ4v) is 3.00.